The number of hydrogen-bond acceptors (Lipinski definition) is 2. The van der Waals surface area contributed by atoms with Crippen LogP contribution in [0.2, 0.25) is 0 Å². The molecule has 0 radical (unpaired) electrons. The highest BCUT2D eigenvalue weighted by Gasteiger charge is 2.19. The van der Waals surface area contributed by atoms with Crippen molar-refractivity contribution in [1.82, 2.24) is 0 Å². The van der Waals surface area contributed by atoms with Crippen LogP contribution in [0, 0.1) is 12.3 Å². The summed E-state index contributed by atoms with van der Waals surface area (Å²) in [7, 11) is 0. The van der Waals surface area contributed by atoms with E-state index in [0.29, 0.717) is 11.4 Å². The first-order chi connectivity index (χ1) is 5.83. The summed E-state index contributed by atoms with van der Waals surface area (Å²) >= 11 is 0. The molecule has 1 heterocycles. The molecule has 0 fully saturated rings. The van der Waals surface area contributed by atoms with Gasteiger partial charge < -0.3 is 10.2 Å². The quantitative estimate of drug-likeness (QED) is 0.588. The van der Waals surface area contributed by atoms with E-state index in [-0.39, 0.29) is 0 Å². The second-order valence-corrected chi connectivity index (χ2v) is 3.10. The minimum atomic E-state index is 0.516. The van der Waals surface area contributed by atoms with E-state index in [0.717, 1.165) is 24.2 Å². The molecular formula is C10H11NO. The molecule has 1 aliphatic rings. The van der Waals surface area contributed by atoms with Gasteiger partial charge in [0, 0.05) is 12.0 Å². The van der Waals surface area contributed by atoms with E-state index in [4.69, 9.17) is 16.6 Å². The molecule has 0 bridgehead atoms. The van der Waals surface area contributed by atoms with Crippen LogP contribution >= 0.6 is 0 Å². The van der Waals surface area contributed by atoms with Crippen LogP contribution in [0.4, 0.5) is 5.69 Å². The van der Waals surface area contributed by atoms with Crippen LogP contribution in [0.1, 0.15) is 29.9 Å². The molecule has 1 aliphatic carbocycles. The van der Waals surface area contributed by atoms with Gasteiger partial charge in [0.1, 0.15) is 5.76 Å². The summed E-state index contributed by atoms with van der Waals surface area (Å²) in [4.78, 5) is 0. The van der Waals surface area contributed by atoms with E-state index in [1.54, 1.807) is 0 Å². The van der Waals surface area contributed by atoms with Crippen molar-refractivity contribution in [1.29, 1.82) is 0 Å². The number of anilines is 1. The number of hydrogen-bond donors (Lipinski definition) is 1. The van der Waals surface area contributed by atoms with Crippen LogP contribution in [0.3, 0.4) is 0 Å². The molecule has 1 aromatic rings. The van der Waals surface area contributed by atoms with Crippen LogP contribution in [-0.4, -0.2) is 0 Å². The summed E-state index contributed by atoms with van der Waals surface area (Å²) in [5.41, 5.74) is 7.63. The molecular weight excluding hydrogens is 150 g/mol. The second-order valence-electron chi connectivity index (χ2n) is 3.10. The lowest BCUT2D eigenvalue weighted by Crippen LogP contribution is -2.01. The molecule has 0 unspecified atom stereocenters. The fourth-order valence-corrected chi connectivity index (χ4v) is 1.70. The van der Waals surface area contributed by atoms with E-state index >= 15 is 0 Å². The van der Waals surface area contributed by atoms with Crippen molar-refractivity contribution < 1.29 is 4.42 Å². The molecule has 0 atom stereocenters. The van der Waals surface area contributed by atoms with Crippen LogP contribution < -0.4 is 5.73 Å². The summed E-state index contributed by atoms with van der Waals surface area (Å²) in [5, 5.41) is 0. The Morgan fingerprint density at radius 2 is 2.08 bits per heavy atom. The van der Waals surface area contributed by atoms with Gasteiger partial charge in [0.25, 0.3) is 0 Å². The fraction of sp³-hybridized carbons (Fsp3) is 0.400. The predicted molar refractivity (Wildman–Crippen MR) is 47.7 cm³/mol. The van der Waals surface area contributed by atoms with Gasteiger partial charge in [-0.25, -0.2) is 0 Å². The van der Waals surface area contributed by atoms with Crippen molar-refractivity contribution in [2.24, 2.45) is 0 Å². The van der Waals surface area contributed by atoms with Crippen LogP contribution in [-0.2, 0) is 12.8 Å². The molecule has 2 heteroatoms. The Kier molecular flexibility index (Phi) is 1.58. The maximum Gasteiger partial charge on any atom is 0.199 e. The standard InChI is InChI=1S/C10H11NO/c1-2-8-10(11)7-5-3-4-6-9(7)12-8/h1H,3-6,11H2. The Labute approximate surface area is 71.7 Å². The number of terminal acetylenes is 1. The minimum Gasteiger partial charge on any atom is -0.450 e. The number of aryl methyl sites for hydroxylation is 1. The lowest BCUT2D eigenvalue weighted by atomic mass is 9.97. The number of furan rings is 1. The largest absolute Gasteiger partial charge is 0.450 e. The van der Waals surface area contributed by atoms with Gasteiger partial charge in [-0.15, -0.1) is 6.42 Å². The van der Waals surface area contributed by atoms with Crippen molar-refractivity contribution in [2.45, 2.75) is 25.7 Å². The lowest BCUT2D eigenvalue weighted by molar-refractivity contribution is 0.470. The van der Waals surface area contributed by atoms with Gasteiger partial charge in [-0.2, -0.15) is 0 Å². The predicted octanol–water partition coefficient (Wildman–Crippen LogP) is 1.72. The van der Waals surface area contributed by atoms with Crippen molar-refractivity contribution in [2.75, 3.05) is 5.73 Å². The third kappa shape index (κ3) is 0.902. The van der Waals surface area contributed by atoms with Crippen LogP contribution in [0.15, 0.2) is 4.42 Å². The minimum absolute atomic E-state index is 0.516. The smallest absolute Gasteiger partial charge is 0.199 e. The van der Waals surface area contributed by atoms with Gasteiger partial charge in [-0.1, -0.05) is 0 Å². The molecule has 1 aromatic heterocycles. The molecule has 12 heavy (non-hydrogen) atoms. The lowest BCUT2D eigenvalue weighted by Gasteiger charge is -2.08. The van der Waals surface area contributed by atoms with Gasteiger partial charge in [-0.3, -0.25) is 0 Å². The van der Waals surface area contributed by atoms with Crippen molar-refractivity contribution in [3.63, 3.8) is 0 Å². The Morgan fingerprint density at radius 1 is 1.33 bits per heavy atom. The normalized spacial score (nSPS) is 15.2. The van der Waals surface area contributed by atoms with Crippen LogP contribution in [0.25, 0.3) is 0 Å². The first-order valence-electron chi connectivity index (χ1n) is 4.19. The highest BCUT2D eigenvalue weighted by atomic mass is 16.3. The molecule has 2 rings (SSSR count). The SMILES string of the molecule is C#Cc1oc2c(c1N)CCCC2. The summed E-state index contributed by atoms with van der Waals surface area (Å²) in [6.07, 6.45) is 9.63. The highest BCUT2D eigenvalue weighted by molar-refractivity contribution is 5.58. The average Bonchev–Trinajstić information content (AvgIpc) is 2.44. The van der Waals surface area contributed by atoms with E-state index in [1.807, 2.05) is 0 Å². The molecule has 2 nitrogen and oxygen atoms in total. The van der Waals surface area contributed by atoms with Crippen molar-refractivity contribution in [3.05, 3.63) is 17.1 Å². The number of nitrogen functional groups attached to an aromatic ring is 1. The zero-order valence-electron chi connectivity index (χ0n) is 6.89. The Bertz CT molecular complexity index is 343. The molecule has 0 aromatic carbocycles. The van der Waals surface area contributed by atoms with Crippen molar-refractivity contribution >= 4 is 5.69 Å². The molecule has 0 saturated carbocycles. The Hall–Kier alpha value is -1.36. The average molecular weight is 161 g/mol. The van der Waals surface area contributed by atoms with Gasteiger partial charge in [-0.05, 0) is 25.2 Å². The zero-order chi connectivity index (χ0) is 8.55. The van der Waals surface area contributed by atoms with Gasteiger partial charge in [0.05, 0.1) is 5.69 Å². The van der Waals surface area contributed by atoms with Gasteiger partial charge in [0.2, 0.25) is 0 Å². The topological polar surface area (TPSA) is 39.2 Å². The molecule has 0 aliphatic heterocycles. The van der Waals surface area contributed by atoms with E-state index in [1.165, 1.54) is 12.8 Å². The molecule has 0 amide bonds. The number of fused-ring (bicyclic) bond motifs is 1. The summed E-state index contributed by atoms with van der Waals surface area (Å²) in [5.74, 6) is 3.98. The third-order valence-corrected chi connectivity index (χ3v) is 2.34. The van der Waals surface area contributed by atoms with E-state index in [9.17, 15) is 0 Å². The highest BCUT2D eigenvalue weighted by Crippen LogP contribution is 2.30. The Balaban J connectivity index is 2.53. The molecule has 2 N–H and O–H groups in total. The monoisotopic (exact) mass is 161 g/mol. The number of rotatable bonds is 0. The summed E-state index contributed by atoms with van der Waals surface area (Å²) < 4.78 is 5.42. The molecule has 62 valence electrons. The molecule has 0 saturated heterocycles. The fourth-order valence-electron chi connectivity index (χ4n) is 1.70. The maximum absolute atomic E-state index is 5.80. The van der Waals surface area contributed by atoms with Gasteiger partial charge >= 0.3 is 0 Å². The van der Waals surface area contributed by atoms with E-state index < -0.39 is 0 Å². The Morgan fingerprint density at radius 3 is 2.75 bits per heavy atom. The first kappa shape index (κ1) is 7.30. The van der Waals surface area contributed by atoms with Gasteiger partial charge in [0.15, 0.2) is 5.76 Å². The number of nitrogens with two attached hydrogens (primary N) is 1. The van der Waals surface area contributed by atoms with Crippen molar-refractivity contribution in [3.8, 4) is 12.3 Å². The zero-order valence-corrected chi connectivity index (χ0v) is 6.89. The van der Waals surface area contributed by atoms with E-state index in [2.05, 4.69) is 5.92 Å². The first-order valence-corrected chi connectivity index (χ1v) is 4.19. The molecule has 0 spiro atoms. The second kappa shape index (κ2) is 2.60. The maximum atomic E-state index is 5.80. The summed E-state index contributed by atoms with van der Waals surface area (Å²) in [6.45, 7) is 0. The van der Waals surface area contributed by atoms with Crippen LogP contribution in [0.5, 0.6) is 0 Å². The summed E-state index contributed by atoms with van der Waals surface area (Å²) in [6, 6.07) is 0. The third-order valence-electron chi connectivity index (χ3n) is 2.34.